The third-order valence-electron chi connectivity index (χ3n) is 3.45. The van der Waals surface area contributed by atoms with Gasteiger partial charge in [-0.2, -0.15) is 0 Å². The molecule has 0 aliphatic carbocycles. The van der Waals surface area contributed by atoms with Crippen LogP contribution in [-0.2, 0) is 16.6 Å². The van der Waals surface area contributed by atoms with Crippen LogP contribution >= 0.6 is 27.3 Å². The fourth-order valence-corrected chi connectivity index (χ4v) is 6.19. The van der Waals surface area contributed by atoms with E-state index in [1.54, 1.807) is 6.07 Å². The molecule has 112 valence electrons. The van der Waals surface area contributed by atoms with E-state index < -0.39 is 10.0 Å². The van der Waals surface area contributed by atoms with Gasteiger partial charge in [-0.05, 0) is 46.1 Å². The molecule has 0 saturated heterocycles. The van der Waals surface area contributed by atoms with Gasteiger partial charge in [0, 0.05) is 19.6 Å². The number of nitrogens with zero attached hydrogens (tertiary/aromatic N) is 1. The summed E-state index contributed by atoms with van der Waals surface area (Å²) < 4.78 is 28.7. The summed E-state index contributed by atoms with van der Waals surface area (Å²) in [5, 5.41) is 3.26. The SMILES string of the molecule is Cc1cc(S(=O)(=O)N2CCNCc3ccccc32)sc1Br. The van der Waals surface area contributed by atoms with Gasteiger partial charge in [0.2, 0.25) is 0 Å². The van der Waals surface area contributed by atoms with E-state index in [9.17, 15) is 8.42 Å². The average molecular weight is 387 g/mol. The Hall–Kier alpha value is -0.890. The van der Waals surface area contributed by atoms with Crippen molar-refractivity contribution >= 4 is 43.0 Å². The molecule has 1 aliphatic rings. The zero-order chi connectivity index (χ0) is 15.0. The number of sulfonamides is 1. The van der Waals surface area contributed by atoms with Crippen LogP contribution in [0.2, 0.25) is 0 Å². The molecule has 2 aromatic rings. The summed E-state index contributed by atoms with van der Waals surface area (Å²) in [6.45, 7) is 3.67. The lowest BCUT2D eigenvalue weighted by Gasteiger charge is -2.23. The topological polar surface area (TPSA) is 49.4 Å². The predicted molar refractivity (Wildman–Crippen MR) is 89.4 cm³/mol. The highest BCUT2D eigenvalue weighted by Crippen LogP contribution is 2.35. The fourth-order valence-electron chi connectivity index (χ4n) is 2.34. The Kier molecular flexibility index (Phi) is 4.09. The van der Waals surface area contributed by atoms with Crippen LogP contribution in [0.5, 0.6) is 0 Å². The summed E-state index contributed by atoms with van der Waals surface area (Å²) >= 11 is 4.67. The molecule has 0 saturated carbocycles. The van der Waals surface area contributed by atoms with Crippen LogP contribution in [0.25, 0.3) is 0 Å². The van der Waals surface area contributed by atoms with Crippen LogP contribution in [0.3, 0.4) is 0 Å². The highest BCUT2D eigenvalue weighted by molar-refractivity contribution is 9.11. The van der Waals surface area contributed by atoms with E-state index >= 15 is 0 Å². The third-order valence-corrected chi connectivity index (χ3v) is 7.85. The monoisotopic (exact) mass is 386 g/mol. The average Bonchev–Trinajstić information content (AvgIpc) is 2.69. The molecule has 1 N–H and O–H groups in total. The second-order valence-electron chi connectivity index (χ2n) is 4.90. The molecule has 0 amide bonds. The zero-order valence-corrected chi connectivity index (χ0v) is 14.7. The second-order valence-corrected chi connectivity index (χ2v) is 9.36. The molecule has 0 fully saturated rings. The van der Waals surface area contributed by atoms with Gasteiger partial charge >= 0.3 is 0 Å². The molecular formula is C14H15BrN2O2S2. The summed E-state index contributed by atoms with van der Waals surface area (Å²) in [6.07, 6.45) is 0. The van der Waals surface area contributed by atoms with Crippen molar-refractivity contribution in [1.29, 1.82) is 0 Å². The van der Waals surface area contributed by atoms with Gasteiger partial charge < -0.3 is 5.32 Å². The minimum absolute atomic E-state index is 0.378. The number of aryl methyl sites for hydroxylation is 1. The van der Waals surface area contributed by atoms with E-state index in [0.29, 0.717) is 23.8 Å². The standard InChI is InChI=1S/C14H15BrN2O2S2/c1-10-8-13(20-14(10)15)21(18,19)17-7-6-16-9-11-4-2-3-5-12(11)17/h2-5,8,16H,6-7,9H2,1H3. The predicted octanol–water partition coefficient (Wildman–Crippen LogP) is 3.12. The van der Waals surface area contributed by atoms with Gasteiger partial charge in [-0.15, -0.1) is 11.3 Å². The van der Waals surface area contributed by atoms with Gasteiger partial charge in [0.25, 0.3) is 10.0 Å². The lowest BCUT2D eigenvalue weighted by atomic mass is 10.2. The molecule has 0 radical (unpaired) electrons. The van der Waals surface area contributed by atoms with Crippen molar-refractivity contribution in [2.75, 3.05) is 17.4 Å². The number of thiophene rings is 1. The summed E-state index contributed by atoms with van der Waals surface area (Å²) in [6, 6.07) is 9.37. The number of para-hydroxylation sites is 1. The maximum absolute atomic E-state index is 13.0. The van der Waals surface area contributed by atoms with Crippen molar-refractivity contribution in [3.8, 4) is 0 Å². The maximum atomic E-state index is 13.0. The van der Waals surface area contributed by atoms with Gasteiger partial charge in [0.05, 0.1) is 9.47 Å². The summed E-state index contributed by atoms with van der Waals surface area (Å²) in [5.74, 6) is 0. The van der Waals surface area contributed by atoms with Crippen molar-refractivity contribution in [3.63, 3.8) is 0 Å². The number of nitrogens with one attached hydrogen (secondary N) is 1. The highest BCUT2D eigenvalue weighted by Gasteiger charge is 2.29. The molecule has 2 heterocycles. The molecule has 1 aliphatic heterocycles. The lowest BCUT2D eigenvalue weighted by molar-refractivity contribution is 0.591. The van der Waals surface area contributed by atoms with E-state index in [1.165, 1.54) is 15.6 Å². The fraction of sp³-hybridized carbons (Fsp3) is 0.286. The first-order valence-corrected chi connectivity index (χ1v) is 9.62. The Labute approximate surface area is 137 Å². The smallest absolute Gasteiger partial charge is 0.273 e. The van der Waals surface area contributed by atoms with E-state index in [4.69, 9.17) is 0 Å². The van der Waals surface area contributed by atoms with Gasteiger partial charge in [0.1, 0.15) is 4.21 Å². The van der Waals surface area contributed by atoms with E-state index in [-0.39, 0.29) is 0 Å². The third kappa shape index (κ3) is 2.75. The summed E-state index contributed by atoms with van der Waals surface area (Å²) in [5.41, 5.74) is 2.72. The Morgan fingerprint density at radius 2 is 2.10 bits per heavy atom. The Morgan fingerprint density at radius 1 is 1.33 bits per heavy atom. The van der Waals surface area contributed by atoms with Crippen molar-refractivity contribution in [2.24, 2.45) is 0 Å². The number of benzene rings is 1. The highest BCUT2D eigenvalue weighted by atomic mass is 79.9. The van der Waals surface area contributed by atoms with Crippen LogP contribution in [-0.4, -0.2) is 21.5 Å². The van der Waals surface area contributed by atoms with Gasteiger partial charge in [-0.3, -0.25) is 4.31 Å². The maximum Gasteiger partial charge on any atom is 0.273 e. The van der Waals surface area contributed by atoms with Crippen LogP contribution in [0, 0.1) is 6.92 Å². The molecule has 7 heteroatoms. The molecular weight excluding hydrogens is 372 g/mol. The molecule has 3 rings (SSSR count). The molecule has 0 atom stereocenters. The molecule has 0 bridgehead atoms. The van der Waals surface area contributed by atoms with Crippen LogP contribution in [0.1, 0.15) is 11.1 Å². The lowest BCUT2D eigenvalue weighted by Crippen LogP contribution is -2.34. The Morgan fingerprint density at radius 3 is 2.81 bits per heavy atom. The first-order valence-electron chi connectivity index (χ1n) is 6.57. The van der Waals surface area contributed by atoms with E-state index in [1.807, 2.05) is 31.2 Å². The Bertz CT molecular complexity index is 752. The quantitative estimate of drug-likeness (QED) is 0.862. The zero-order valence-electron chi connectivity index (χ0n) is 11.5. The molecule has 1 aromatic carbocycles. The first kappa shape index (κ1) is 15.0. The van der Waals surface area contributed by atoms with E-state index in [2.05, 4.69) is 21.2 Å². The van der Waals surface area contributed by atoms with Gasteiger partial charge in [0.15, 0.2) is 0 Å². The number of fused-ring (bicyclic) bond motifs is 1. The van der Waals surface area contributed by atoms with E-state index in [0.717, 1.165) is 20.6 Å². The van der Waals surface area contributed by atoms with Gasteiger partial charge in [-0.25, -0.2) is 8.42 Å². The van der Waals surface area contributed by atoms with Crippen LogP contribution in [0.15, 0.2) is 38.3 Å². The normalized spacial score (nSPS) is 15.6. The molecule has 1 aromatic heterocycles. The number of halogens is 1. The van der Waals surface area contributed by atoms with Crippen molar-refractivity contribution in [2.45, 2.75) is 17.7 Å². The molecule has 0 spiro atoms. The minimum Gasteiger partial charge on any atom is -0.311 e. The van der Waals surface area contributed by atoms with Crippen LogP contribution in [0.4, 0.5) is 5.69 Å². The number of hydrogen-bond donors (Lipinski definition) is 1. The van der Waals surface area contributed by atoms with Gasteiger partial charge in [-0.1, -0.05) is 18.2 Å². The molecule has 0 unspecified atom stereocenters. The Balaban J connectivity index is 2.10. The minimum atomic E-state index is -3.52. The molecule has 21 heavy (non-hydrogen) atoms. The second kappa shape index (κ2) is 5.72. The van der Waals surface area contributed by atoms with Crippen LogP contribution < -0.4 is 9.62 Å². The number of anilines is 1. The van der Waals surface area contributed by atoms with Crippen molar-refractivity contribution in [1.82, 2.24) is 5.32 Å². The number of rotatable bonds is 2. The largest absolute Gasteiger partial charge is 0.311 e. The van der Waals surface area contributed by atoms with Crippen molar-refractivity contribution < 1.29 is 8.42 Å². The van der Waals surface area contributed by atoms with Crippen molar-refractivity contribution in [3.05, 3.63) is 45.2 Å². The first-order chi connectivity index (χ1) is 10.00. The summed E-state index contributed by atoms with van der Waals surface area (Å²) in [4.78, 5) is 0. The number of hydrogen-bond acceptors (Lipinski definition) is 4. The molecule has 4 nitrogen and oxygen atoms in total. The summed E-state index contributed by atoms with van der Waals surface area (Å²) in [7, 11) is -3.52.